The van der Waals surface area contributed by atoms with Crippen molar-refractivity contribution in [1.82, 2.24) is 9.13 Å². The van der Waals surface area contributed by atoms with E-state index in [0.29, 0.717) is 33.6 Å². The molecule has 160 valence electrons. The van der Waals surface area contributed by atoms with Gasteiger partial charge in [0.05, 0.1) is 0 Å². The van der Waals surface area contributed by atoms with Crippen LogP contribution in [0.1, 0.15) is 25.3 Å². The Labute approximate surface area is 182 Å². The van der Waals surface area contributed by atoms with Crippen LogP contribution in [-0.2, 0) is 17.9 Å². The lowest BCUT2D eigenvalue weighted by molar-refractivity contribution is -0.116. The third kappa shape index (κ3) is 3.77. The molecule has 2 aromatic carbocycles. The van der Waals surface area contributed by atoms with Crippen LogP contribution in [0.15, 0.2) is 56.5 Å². The Kier molecular flexibility index (Phi) is 5.69. The topological polar surface area (TPSA) is 86.2 Å². The predicted molar refractivity (Wildman–Crippen MR) is 122 cm³/mol. The highest BCUT2D eigenvalue weighted by Crippen LogP contribution is 2.26. The van der Waals surface area contributed by atoms with Gasteiger partial charge in [-0.3, -0.25) is 18.7 Å². The first-order valence-electron chi connectivity index (χ1n) is 10.1. The number of fused-ring (bicyclic) bond motifs is 3. The van der Waals surface area contributed by atoms with E-state index in [2.05, 4.69) is 5.32 Å². The Morgan fingerprint density at radius 1 is 1.10 bits per heavy atom. The van der Waals surface area contributed by atoms with Gasteiger partial charge in [0.15, 0.2) is 0 Å². The maximum Gasteiger partial charge on any atom is 0.332 e. The van der Waals surface area contributed by atoms with E-state index in [0.717, 1.165) is 16.6 Å². The monoisotopic (exact) mass is 439 g/mol. The van der Waals surface area contributed by atoms with Crippen LogP contribution in [-0.4, -0.2) is 15.0 Å². The van der Waals surface area contributed by atoms with Crippen LogP contribution >= 0.6 is 11.6 Å². The number of unbranched alkanes of at least 4 members (excludes halogenated alkanes) is 1. The van der Waals surface area contributed by atoms with Crippen LogP contribution in [0.25, 0.3) is 22.1 Å². The zero-order valence-electron chi connectivity index (χ0n) is 17.3. The molecule has 7 nitrogen and oxygen atoms in total. The van der Waals surface area contributed by atoms with Gasteiger partial charge in [-0.2, -0.15) is 0 Å². The van der Waals surface area contributed by atoms with E-state index < -0.39 is 17.2 Å². The van der Waals surface area contributed by atoms with E-state index in [-0.39, 0.29) is 18.7 Å². The van der Waals surface area contributed by atoms with Crippen molar-refractivity contribution in [3.63, 3.8) is 0 Å². The highest BCUT2D eigenvalue weighted by Gasteiger charge is 2.21. The smallest absolute Gasteiger partial charge is 0.332 e. The highest BCUT2D eigenvalue weighted by molar-refractivity contribution is 6.31. The number of halogens is 1. The summed E-state index contributed by atoms with van der Waals surface area (Å²) < 4.78 is 8.25. The number of hydrogen-bond donors (Lipinski definition) is 1. The number of rotatable bonds is 6. The first kappa shape index (κ1) is 20.9. The van der Waals surface area contributed by atoms with E-state index in [4.69, 9.17) is 16.0 Å². The van der Waals surface area contributed by atoms with Crippen molar-refractivity contribution in [1.29, 1.82) is 0 Å². The standard InChI is InChI=1S/C23H22ClN3O4/c1-3-4-12-26-22(29)21-20(15-8-5-6-11-18(15)31-21)27(23(26)30)13-19(28)25-17-10-7-9-16(24)14(17)2/h5-11H,3-4,12-13H2,1-2H3,(H,25,28). The lowest BCUT2D eigenvalue weighted by atomic mass is 10.2. The second-order valence-corrected chi connectivity index (χ2v) is 7.82. The largest absolute Gasteiger partial charge is 0.449 e. The number of nitrogens with zero attached hydrogens (tertiary/aromatic N) is 2. The molecule has 0 aliphatic heterocycles. The summed E-state index contributed by atoms with van der Waals surface area (Å²) in [6.07, 6.45) is 1.48. The lowest BCUT2D eigenvalue weighted by Gasteiger charge is -2.13. The van der Waals surface area contributed by atoms with Gasteiger partial charge in [-0.25, -0.2) is 4.79 Å². The molecule has 0 radical (unpaired) electrons. The summed E-state index contributed by atoms with van der Waals surface area (Å²) in [4.78, 5) is 39.1. The first-order chi connectivity index (χ1) is 14.9. The molecule has 0 aliphatic carbocycles. The van der Waals surface area contributed by atoms with Gasteiger partial charge in [0.25, 0.3) is 5.56 Å². The number of anilines is 1. The molecule has 0 aliphatic rings. The molecule has 0 bridgehead atoms. The normalized spacial score (nSPS) is 11.3. The van der Waals surface area contributed by atoms with E-state index in [1.165, 1.54) is 4.57 Å². The minimum absolute atomic E-state index is 0.0728. The van der Waals surface area contributed by atoms with Gasteiger partial charge in [-0.1, -0.05) is 43.1 Å². The van der Waals surface area contributed by atoms with Crippen LogP contribution in [0.3, 0.4) is 0 Å². The maximum atomic E-state index is 13.2. The van der Waals surface area contributed by atoms with Gasteiger partial charge in [0.2, 0.25) is 11.5 Å². The fourth-order valence-corrected chi connectivity index (χ4v) is 3.81. The first-order valence-corrected chi connectivity index (χ1v) is 10.5. The van der Waals surface area contributed by atoms with Crippen molar-refractivity contribution in [2.45, 2.75) is 39.8 Å². The second kappa shape index (κ2) is 8.43. The highest BCUT2D eigenvalue weighted by atomic mass is 35.5. The zero-order chi connectivity index (χ0) is 22.1. The molecule has 2 heterocycles. The number of furan rings is 1. The van der Waals surface area contributed by atoms with Crippen LogP contribution < -0.4 is 16.6 Å². The summed E-state index contributed by atoms with van der Waals surface area (Å²) in [6, 6.07) is 12.3. The van der Waals surface area contributed by atoms with Crippen molar-refractivity contribution in [2.24, 2.45) is 0 Å². The molecule has 1 N–H and O–H groups in total. The molecular formula is C23H22ClN3O4. The van der Waals surface area contributed by atoms with Gasteiger partial charge in [0.1, 0.15) is 17.6 Å². The average molecular weight is 440 g/mol. The van der Waals surface area contributed by atoms with E-state index >= 15 is 0 Å². The summed E-state index contributed by atoms with van der Waals surface area (Å²) in [5.74, 6) is -0.403. The molecule has 0 saturated heterocycles. The second-order valence-electron chi connectivity index (χ2n) is 7.42. The summed E-state index contributed by atoms with van der Waals surface area (Å²) in [6.45, 7) is 3.77. The minimum Gasteiger partial charge on any atom is -0.449 e. The molecule has 4 rings (SSSR count). The number of hydrogen-bond acceptors (Lipinski definition) is 4. The SMILES string of the molecule is CCCCn1c(=O)c2oc3ccccc3c2n(CC(=O)Nc2cccc(Cl)c2C)c1=O. The third-order valence-electron chi connectivity index (χ3n) is 5.32. The van der Waals surface area contributed by atoms with Gasteiger partial charge in [-0.15, -0.1) is 0 Å². The summed E-state index contributed by atoms with van der Waals surface area (Å²) >= 11 is 6.14. The Balaban J connectivity index is 1.85. The molecule has 0 fully saturated rings. The van der Waals surface area contributed by atoms with Crippen molar-refractivity contribution in [3.8, 4) is 0 Å². The Morgan fingerprint density at radius 3 is 2.65 bits per heavy atom. The van der Waals surface area contributed by atoms with Crippen molar-refractivity contribution >= 4 is 45.3 Å². The number of carbonyl (C=O) groups excluding carboxylic acids is 1. The molecule has 0 atom stereocenters. The van der Waals surface area contributed by atoms with Gasteiger partial charge in [0, 0.05) is 22.6 Å². The maximum absolute atomic E-state index is 13.2. The number of nitrogens with one attached hydrogen (secondary N) is 1. The number of aromatic nitrogens is 2. The van der Waals surface area contributed by atoms with Crippen LogP contribution in [0.5, 0.6) is 0 Å². The Bertz CT molecular complexity index is 1410. The molecule has 0 spiro atoms. The number of benzene rings is 2. The molecule has 0 saturated carbocycles. The van der Waals surface area contributed by atoms with Crippen LogP contribution in [0, 0.1) is 6.92 Å². The lowest BCUT2D eigenvalue weighted by Crippen LogP contribution is -2.41. The molecule has 0 unspecified atom stereocenters. The predicted octanol–water partition coefficient (Wildman–Crippen LogP) is 4.31. The average Bonchev–Trinajstić information content (AvgIpc) is 3.14. The molecular weight excluding hydrogens is 418 g/mol. The Morgan fingerprint density at radius 2 is 1.87 bits per heavy atom. The van der Waals surface area contributed by atoms with E-state index in [9.17, 15) is 14.4 Å². The van der Waals surface area contributed by atoms with Crippen molar-refractivity contribution in [2.75, 3.05) is 5.32 Å². The zero-order valence-corrected chi connectivity index (χ0v) is 18.0. The van der Waals surface area contributed by atoms with Crippen LogP contribution in [0.2, 0.25) is 5.02 Å². The summed E-state index contributed by atoms with van der Waals surface area (Å²) in [5.41, 5.74) is 1.18. The molecule has 1 amide bonds. The van der Waals surface area contributed by atoms with E-state index in [1.807, 2.05) is 6.92 Å². The number of amides is 1. The fourth-order valence-electron chi connectivity index (χ4n) is 3.63. The third-order valence-corrected chi connectivity index (χ3v) is 5.73. The minimum atomic E-state index is -0.532. The van der Waals surface area contributed by atoms with Gasteiger partial charge >= 0.3 is 5.69 Å². The summed E-state index contributed by atoms with van der Waals surface area (Å²) in [5, 5.41) is 3.95. The van der Waals surface area contributed by atoms with Crippen molar-refractivity contribution < 1.29 is 9.21 Å². The quantitative estimate of drug-likeness (QED) is 0.485. The van der Waals surface area contributed by atoms with Gasteiger partial charge < -0.3 is 9.73 Å². The van der Waals surface area contributed by atoms with Crippen molar-refractivity contribution in [3.05, 3.63) is 73.9 Å². The summed E-state index contributed by atoms with van der Waals surface area (Å²) in [7, 11) is 0. The van der Waals surface area contributed by atoms with E-state index in [1.54, 1.807) is 49.4 Å². The molecule has 8 heteroatoms. The molecule has 4 aromatic rings. The van der Waals surface area contributed by atoms with Gasteiger partial charge in [-0.05, 0) is 43.2 Å². The fraction of sp³-hybridized carbons (Fsp3) is 0.261. The number of para-hydroxylation sites is 1. The number of carbonyl (C=O) groups is 1. The molecule has 31 heavy (non-hydrogen) atoms. The Hall–Kier alpha value is -3.32. The molecule has 2 aromatic heterocycles. The van der Waals surface area contributed by atoms with Crippen LogP contribution in [0.4, 0.5) is 5.69 Å².